The van der Waals surface area contributed by atoms with Gasteiger partial charge in [-0.2, -0.15) is 5.10 Å². The molecule has 6 heteroatoms. The summed E-state index contributed by atoms with van der Waals surface area (Å²) >= 11 is 0. The molecule has 0 radical (unpaired) electrons. The Hall–Kier alpha value is -3.67. The third-order valence-electron chi connectivity index (χ3n) is 3.73. The predicted molar refractivity (Wildman–Crippen MR) is 100 cm³/mol. The second-order valence-corrected chi connectivity index (χ2v) is 5.70. The van der Waals surface area contributed by atoms with Gasteiger partial charge in [-0.3, -0.25) is 4.79 Å². The van der Waals surface area contributed by atoms with Crippen molar-refractivity contribution in [1.82, 2.24) is 5.43 Å². The number of para-hydroxylation sites is 1. The van der Waals surface area contributed by atoms with Crippen LogP contribution >= 0.6 is 0 Å². The van der Waals surface area contributed by atoms with Gasteiger partial charge in [-0.05, 0) is 59.7 Å². The van der Waals surface area contributed by atoms with Crippen molar-refractivity contribution in [3.63, 3.8) is 0 Å². The molecule has 2 N–H and O–H groups in total. The molecule has 0 saturated carbocycles. The molecular formula is C21H17FN2O3. The van der Waals surface area contributed by atoms with Crippen LogP contribution in [0.15, 0.2) is 77.9 Å². The Morgan fingerprint density at radius 1 is 1.04 bits per heavy atom. The van der Waals surface area contributed by atoms with Crippen molar-refractivity contribution in [3.8, 4) is 11.5 Å². The number of carbonyl (C=O) groups is 1. The number of rotatable bonds is 6. The molecule has 1 amide bonds. The maximum Gasteiger partial charge on any atom is 0.275 e. The molecule has 0 aliphatic heterocycles. The molecule has 3 aromatic rings. The molecule has 5 nitrogen and oxygen atoms in total. The summed E-state index contributed by atoms with van der Waals surface area (Å²) < 4.78 is 18.5. The van der Waals surface area contributed by atoms with Crippen molar-refractivity contribution >= 4 is 12.1 Å². The van der Waals surface area contributed by atoms with Gasteiger partial charge in [0.25, 0.3) is 5.91 Å². The van der Waals surface area contributed by atoms with E-state index < -0.39 is 5.91 Å². The molecule has 0 fully saturated rings. The summed E-state index contributed by atoms with van der Waals surface area (Å²) in [6, 6.07) is 19.5. The van der Waals surface area contributed by atoms with Crippen LogP contribution < -0.4 is 10.2 Å². The van der Waals surface area contributed by atoms with Crippen molar-refractivity contribution in [1.29, 1.82) is 0 Å². The lowest BCUT2D eigenvalue weighted by atomic mass is 10.2. The standard InChI is InChI=1S/C21H17FN2O3/c22-17-9-5-16(6-10-17)14-27-18-11-7-15(8-12-18)13-23-24-21(26)19-3-1-2-4-20(19)25/h1-13,25H,14H2,(H,24,26). The molecule has 0 saturated heterocycles. The van der Waals surface area contributed by atoms with Crippen molar-refractivity contribution in [2.45, 2.75) is 6.61 Å². The zero-order chi connectivity index (χ0) is 19.1. The topological polar surface area (TPSA) is 70.9 Å². The number of nitrogens with one attached hydrogen (secondary N) is 1. The van der Waals surface area contributed by atoms with Gasteiger partial charge in [0.2, 0.25) is 0 Å². The molecule has 0 aromatic heterocycles. The van der Waals surface area contributed by atoms with E-state index in [0.717, 1.165) is 11.1 Å². The number of hydrogen-bond acceptors (Lipinski definition) is 4. The first kappa shape index (κ1) is 18.1. The number of nitrogens with zero attached hydrogens (tertiary/aromatic N) is 1. The zero-order valence-corrected chi connectivity index (χ0v) is 14.3. The molecule has 0 atom stereocenters. The fourth-order valence-electron chi connectivity index (χ4n) is 2.29. The number of amides is 1. The summed E-state index contributed by atoms with van der Waals surface area (Å²) in [6.45, 7) is 0.338. The van der Waals surface area contributed by atoms with Crippen LogP contribution in [0.2, 0.25) is 0 Å². The van der Waals surface area contributed by atoms with E-state index in [2.05, 4.69) is 10.5 Å². The number of phenols is 1. The number of hydrogen-bond donors (Lipinski definition) is 2. The molecular weight excluding hydrogens is 347 g/mol. The Labute approximate surface area is 155 Å². The summed E-state index contributed by atoms with van der Waals surface area (Å²) in [6.07, 6.45) is 1.49. The van der Waals surface area contributed by atoms with Crippen LogP contribution in [0.25, 0.3) is 0 Å². The van der Waals surface area contributed by atoms with Gasteiger partial charge in [-0.25, -0.2) is 9.82 Å². The van der Waals surface area contributed by atoms with Crippen molar-refractivity contribution in [2.75, 3.05) is 0 Å². The predicted octanol–water partition coefficient (Wildman–Crippen LogP) is 3.87. The van der Waals surface area contributed by atoms with Gasteiger partial charge in [0, 0.05) is 0 Å². The first-order valence-corrected chi connectivity index (χ1v) is 8.20. The van der Waals surface area contributed by atoms with E-state index in [9.17, 15) is 14.3 Å². The van der Waals surface area contributed by atoms with Crippen molar-refractivity contribution in [3.05, 3.63) is 95.3 Å². The third-order valence-corrected chi connectivity index (χ3v) is 3.73. The van der Waals surface area contributed by atoms with Gasteiger partial charge < -0.3 is 9.84 Å². The van der Waals surface area contributed by atoms with Crippen LogP contribution in [0.1, 0.15) is 21.5 Å². The van der Waals surface area contributed by atoms with Crippen LogP contribution in [0, 0.1) is 5.82 Å². The molecule has 0 aliphatic rings. The second kappa shape index (κ2) is 8.62. The van der Waals surface area contributed by atoms with E-state index in [0.29, 0.717) is 12.4 Å². The van der Waals surface area contributed by atoms with Gasteiger partial charge in [0.15, 0.2) is 0 Å². The lowest BCUT2D eigenvalue weighted by Crippen LogP contribution is -2.17. The van der Waals surface area contributed by atoms with Gasteiger partial charge in [-0.15, -0.1) is 0 Å². The fourth-order valence-corrected chi connectivity index (χ4v) is 2.29. The van der Waals surface area contributed by atoms with Crippen LogP contribution in [0.3, 0.4) is 0 Å². The molecule has 27 heavy (non-hydrogen) atoms. The maximum absolute atomic E-state index is 12.9. The van der Waals surface area contributed by atoms with Gasteiger partial charge in [0.05, 0.1) is 11.8 Å². The highest BCUT2D eigenvalue weighted by molar-refractivity contribution is 5.97. The van der Waals surface area contributed by atoms with E-state index >= 15 is 0 Å². The number of aromatic hydroxyl groups is 1. The second-order valence-electron chi connectivity index (χ2n) is 5.70. The third kappa shape index (κ3) is 5.15. The first-order valence-electron chi connectivity index (χ1n) is 8.20. The van der Waals surface area contributed by atoms with Crippen molar-refractivity contribution < 1.29 is 19.0 Å². The first-order chi connectivity index (χ1) is 13.1. The molecule has 0 heterocycles. The monoisotopic (exact) mass is 364 g/mol. The van der Waals surface area contributed by atoms with Crippen LogP contribution in [0.4, 0.5) is 4.39 Å². The normalized spacial score (nSPS) is 10.7. The van der Waals surface area contributed by atoms with E-state index in [1.165, 1.54) is 30.5 Å². The lowest BCUT2D eigenvalue weighted by molar-refractivity contribution is 0.0952. The molecule has 3 rings (SSSR count). The number of halogens is 1. The van der Waals surface area contributed by atoms with E-state index in [1.807, 2.05) is 0 Å². The Bertz CT molecular complexity index is 938. The van der Waals surface area contributed by atoms with Crippen LogP contribution in [-0.4, -0.2) is 17.2 Å². The zero-order valence-electron chi connectivity index (χ0n) is 14.3. The van der Waals surface area contributed by atoms with E-state index in [1.54, 1.807) is 48.5 Å². The molecule has 136 valence electrons. The molecule has 0 bridgehead atoms. The van der Waals surface area contributed by atoms with E-state index in [4.69, 9.17) is 4.74 Å². The Morgan fingerprint density at radius 2 is 1.74 bits per heavy atom. The van der Waals surface area contributed by atoms with Gasteiger partial charge >= 0.3 is 0 Å². The largest absolute Gasteiger partial charge is 0.507 e. The lowest BCUT2D eigenvalue weighted by Gasteiger charge is -2.06. The summed E-state index contributed by atoms with van der Waals surface area (Å²) in [7, 11) is 0. The Balaban J connectivity index is 1.52. The average Bonchev–Trinajstić information content (AvgIpc) is 2.69. The number of benzene rings is 3. The molecule has 0 aliphatic carbocycles. The molecule has 3 aromatic carbocycles. The fraction of sp³-hybridized carbons (Fsp3) is 0.0476. The Morgan fingerprint density at radius 3 is 2.44 bits per heavy atom. The highest BCUT2D eigenvalue weighted by Crippen LogP contribution is 2.15. The minimum Gasteiger partial charge on any atom is -0.507 e. The number of ether oxygens (including phenoxy) is 1. The molecule has 0 spiro atoms. The van der Waals surface area contributed by atoms with Crippen molar-refractivity contribution in [2.24, 2.45) is 5.10 Å². The summed E-state index contributed by atoms with van der Waals surface area (Å²) in [5.41, 5.74) is 4.15. The Kier molecular flexibility index (Phi) is 5.79. The smallest absolute Gasteiger partial charge is 0.275 e. The van der Waals surface area contributed by atoms with E-state index in [-0.39, 0.29) is 17.1 Å². The maximum atomic E-state index is 12.9. The van der Waals surface area contributed by atoms with Gasteiger partial charge in [-0.1, -0.05) is 24.3 Å². The van der Waals surface area contributed by atoms with Gasteiger partial charge in [0.1, 0.15) is 23.9 Å². The van der Waals surface area contributed by atoms with Crippen LogP contribution in [-0.2, 0) is 6.61 Å². The summed E-state index contributed by atoms with van der Waals surface area (Å²) in [5.74, 6) is -0.219. The van der Waals surface area contributed by atoms with Crippen LogP contribution in [0.5, 0.6) is 11.5 Å². The number of phenolic OH excluding ortho intramolecular Hbond substituents is 1. The highest BCUT2D eigenvalue weighted by Gasteiger charge is 2.08. The minimum atomic E-state index is -0.497. The average molecular weight is 364 g/mol. The number of hydrazone groups is 1. The summed E-state index contributed by atoms with van der Waals surface area (Å²) in [5, 5.41) is 13.5. The molecule has 0 unspecified atom stereocenters. The SMILES string of the molecule is O=C(NN=Cc1ccc(OCc2ccc(F)cc2)cc1)c1ccccc1O. The summed E-state index contributed by atoms with van der Waals surface area (Å²) in [4.78, 5) is 11.9. The highest BCUT2D eigenvalue weighted by atomic mass is 19.1. The quantitative estimate of drug-likeness (QED) is 0.515. The number of carbonyl (C=O) groups excluding carboxylic acids is 1. The minimum absolute atomic E-state index is 0.104.